The summed E-state index contributed by atoms with van der Waals surface area (Å²) in [6.07, 6.45) is 2.25. The van der Waals surface area contributed by atoms with Crippen molar-refractivity contribution in [1.82, 2.24) is 30.2 Å². The molecule has 1 unspecified atom stereocenters. The molecule has 0 fully saturated rings. The largest absolute Gasteiger partial charge is 0.481 e. The molecule has 3 aromatic heterocycles. The lowest BCUT2D eigenvalue weighted by molar-refractivity contribution is -0.140. The molecule has 32 heavy (non-hydrogen) atoms. The molecule has 0 spiro atoms. The number of fused-ring (bicyclic) bond motifs is 1. The molecule has 0 radical (unpaired) electrons. The number of pyridine rings is 1. The molecule has 166 valence electrons. The van der Waals surface area contributed by atoms with Gasteiger partial charge in [-0.1, -0.05) is 0 Å². The number of nitrogen functional groups attached to an aromatic ring is 2. The van der Waals surface area contributed by atoms with Gasteiger partial charge in [-0.2, -0.15) is 9.97 Å². The van der Waals surface area contributed by atoms with E-state index in [-0.39, 0.29) is 36.1 Å². The lowest BCUT2D eigenvalue weighted by atomic mass is 10.1. The highest BCUT2D eigenvalue weighted by Crippen LogP contribution is 2.15. The number of aromatic nitrogens is 5. The molecule has 1 atom stereocenters. The second-order valence-electron chi connectivity index (χ2n) is 6.58. The topological polar surface area (TPSA) is 232 Å². The standard InChI is InChI=1S/C18H19N9O5/c19-14-13-15(27-18(20)26-14)23-7-9(24-13)6-21-8-1-2-10(22-5-8)16(30)25-11(17(31)32)3-4-12(28)29/h1-2,5,7,11,21H,3-4,6H2,(H,25,30)(H,28,29)(H,31,32)(H4,19,20,23,26,27). The van der Waals surface area contributed by atoms with E-state index in [1.807, 2.05) is 0 Å². The highest BCUT2D eigenvalue weighted by molar-refractivity contribution is 5.95. The number of nitrogens with zero attached hydrogens (tertiary/aromatic N) is 5. The maximum atomic E-state index is 12.2. The molecule has 3 rings (SSSR count). The van der Waals surface area contributed by atoms with Gasteiger partial charge in [-0.25, -0.2) is 19.7 Å². The number of carbonyl (C=O) groups is 3. The van der Waals surface area contributed by atoms with Gasteiger partial charge in [0.05, 0.1) is 30.3 Å². The Balaban J connectivity index is 1.62. The number of nitrogens with one attached hydrogen (secondary N) is 2. The smallest absolute Gasteiger partial charge is 0.326 e. The maximum Gasteiger partial charge on any atom is 0.326 e. The predicted molar refractivity (Wildman–Crippen MR) is 111 cm³/mol. The first-order valence-corrected chi connectivity index (χ1v) is 9.23. The number of aliphatic carboxylic acids is 2. The van der Waals surface area contributed by atoms with E-state index >= 15 is 0 Å². The van der Waals surface area contributed by atoms with Crippen LogP contribution in [-0.4, -0.2) is 59.0 Å². The van der Waals surface area contributed by atoms with Gasteiger partial charge in [-0.05, 0) is 18.6 Å². The van der Waals surface area contributed by atoms with E-state index in [4.69, 9.17) is 21.7 Å². The zero-order valence-corrected chi connectivity index (χ0v) is 16.5. The van der Waals surface area contributed by atoms with Crippen molar-refractivity contribution < 1.29 is 24.6 Å². The van der Waals surface area contributed by atoms with Crippen LogP contribution in [0.1, 0.15) is 29.0 Å². The Morgan fingerprint density at radius 2 is 1.81 bits per heavy atom. The fraction of sp³-hybridized carbons (Fsp3) is 0.222. The first kappa shape index (κ1) is 22.1. The number of rotatable bonds is 9. The van der Waals surface area contributed by atoms with Crippen molar-refractivity contribution in [2.75, 3.05) is 16.8 Å². The minimum Gasteiger partial charge on any atom is -0.481 e. The predicted octanol–water partition coefficient (Wildman–Crippen LogP) is -0.361. The first-order valence-electron chi connectivity index (χ1n) is 9.23. The van der Waals surface area contributed by atoms with Crippen molar-refractivity contribution >= 4 is 46.5 Å². The van der Waals surface area contributed by atoms with Gasteiger partial charge in [-0.15, -0.1) is 0 Å². The van der Waals surface area contributed by atoms with Crippen molar-refractivity contribution in [3.8, 4) is 0 Å². The van der Waals surface area contributed by atoms with Gasteiger partial charge in [0.15, 0.2) is 17.0 Å². The Bertz CT molecular complexity index is 1170. The molecule has 14 heteroatoms. The Morgan fingerprint density at radius 3 is 2.47 bits per heavy atom. The van der Waals surface area contributed by atoms with E-state index in [9.17, 15) is 14.4 Å². The zero-order chi connectivity index (χ0) is 23.3. The third-order valence-corrected chi connectivity index (χ3v) is 4.22. The monoisotopic (exact) mass is 441 g/mol. The summed E-state index contributed by atoms with van der Waals surface area (Å²) in [7, 11) is 0. The third kappa shape index (κ3) is 5.50. The summed E-state index contributed by atoms with van der Waals surface area (Å²) in [5.74, 6) is -3.11. The van der Waals surface area contributed by atoms with Gasteiger partial charge in [0.25, 0.3) is 5.91 Å². The summed E-state index contributed by atoms with van der Waals surface area (Å²) in [4.78, 5) is 54.3. The molecule has 3 heterocycles. The van der Waals surface area contributed by atoms with Crippen LogP contribution in [0.25, 0.3) is 11.2 Å². The van der Waals surface area contributed by atoms with Crippen molar-refractivity contribution in [3.63, 3.8) is 0 Å². The highest BCUT2D eigenvalue weighted by Gasteiger charge is 2.22. The van der Waals surface area contributed by atoms with E-state index in [1.165, 1.54) is 18.5 Å². The number of hydrogen-bond acceptors (Lipinski definition) is 11. The number of hydrogen-bond donors (Lipinski definition) is 6. The fourth-order valence-electron chi connectivity index (χ4n) is 2.65. The average molecular weight is 441 g/mol. The third-order valence-electron chi connectivity index (χ3n) is 4.22. The van der Waals surface area contributed by atoms with E-state index in [0.29, 0.717) is 16.9 Å². The molecule has 14 nitrogen and oxygen atoms in total. The first-order chi connectivity index (χ1) is 15.2. The molecule has 0 saturated carbocycles. The van der Waals surface area contributed by atoms with Crippen molar-refractivity contribution in [3.05, 3.63) is 35.9 Å². The second kappa shape index (κ2) is 9.46. The summed E-state index contributed by atoms with van der Waals surface area (Å²) < 4.78 is 0. The molecule has 0 aliphatic heterocycles. The van der Waals surface area contributed by atoms with Crippen LogP contribution >= 0.6 is 0 Å². The zero-order valence-electron chi connectivity index (χ0n) is 16.5. The summed E-state index contributed by atoms with van der Waals surface area (Å²) in [5.41, 5.74) is 13.0. The summed E-state index contributed by atoms with van der Waals surface area (Å²) >= 11 is 0. The molecular weight excluding hydrogens is 422 g/mol. The van der Waals surface area contributed by atoms with Crippen LogP contribution in [0.4, 0.5) is 17.5 Å². The van der Waals surface area contributed by atoms with Crippen LogP contribution in [0.5, 0.6) is 0 Å². The minimum atomic E-state index is -1.34. The molecule has 0 aromatic carbocycles. The Morgan fingerprint density at radius 1 is 1.03 bits per heavy atom. The highest BCUT2D eigenvalue weighted by atomic mass is 16.4. The number of carbonyl (C=O) groups excluding carboxylic acids is 1. The van der Waals surface area contributed by atoms with Crippen molar-refractivity contribution in [2.24, 2.45) is 0 Å². The molecule has 0 aliphatic carbocycles. The number of anilines is 3. The number of amides is 1. The quantitative estimate of drug-likeness (QED) is 0.249. The van der Waals surface area contributed by atoms with Gasteiger partial charge >= 0.3 is 11.9 Å². The molecule has 0 bridgehead atoms. The molecule has 0 aliphatic rings. The normalized spacial score (nSPS) is 11.6. The molecule has 3 aromatic rings. The molecule has 1 amide bonds. The van der Waals surface area contributed by atoms with E-state index in [1.54, 1.807) is 6.07 Å². The number of carboxylic acid groups (broad SMARTS) is 2. The SMILES string of the molecule is Nc1nc(N)c2nc(CNc3ccc(C(=O)NC(CCC(=O)O)C(=O)O)nc3)cnc2n1. The van der Waals surface area contributed by atoms with E-state index in [2.05, 4.69) is 35.6 Å². The summed E-state index contributed by atoms with van der Waals surface area (Å²) in [6.45, 7) is 0.260. The van der Waals surface area contributed by atoms with Crippen molar-refractivity contribution in [1.29, 1.82) is 0 Å². The van der Waals surface area contributed by atoms with Crippen LogP contribution in [0, 0.1) is 0 Å². The van der Waals surface area contributed by atoms with Gasteiger partial charge in [-0.3, -0.25) is 9.59 Å². The molecule has 0 saturated heterocycles. The molecular formula is C18H19N9O5. The number of carboxylic acids is 2. The lowest BCUT2D eigenvalue weighted by Gasteiger charge is -2.13. The van der Waals surface area contributed by atoms with Gasteiger partial charge in [0, 0.05) is 6.42 Å². The lowest BCUT2D eigenvalue weighted by Crippen LogP contribution is -2.41. The maximum absolute atomic E-state index is 12.2. The Labute approximate surface area is 180 Å². The van der Waals surface area contributed by atoms with E-state index in [0.717, 1.165) is 0 Å². The van der Waals surface area contributed by atoms with E-state index < -0.39 is 30.3 Å². The van der Waals surface area contributed by atoms with Gasteiger partial charge in [0.1, 0.15) is 11.7 Å². The van der Waals surface area contributed by atoms with Gasteiger partial charge in [0.2, 0.25) is 5.95 Å². The van der Waals surface area contributed by atoms with Gasteiger partial charge < -0.3 is 32.3 Å². The fourth-order valence-corrected chi connectivity index (χ4v) is 2.65. The van der Waals surface area contributed by atoms with Crippen LogP contribution < -0.4 is 22.1 Å². The average Bonchev–Trinajstić information content (AvgIpc) is 2.75. The second-order valence-corrected chi connectivity index (χ2v) is 6.58. The summed E-state index contributed by atoms with van der Waals surface area (Å²) in [6, 6.07) is 1.63. The summed E-state index contributed by atoms with van der Waals surface area (Å²) in [5, 5.41) is 23.1. The minimum absolute atomic E-state index is 0.00179. The molecule has 8 N–H and O–H groups in total. The van der Waals surface area contributed by atoms with Crippen LogP contribution in [-0.2, 0) is 16.1 Å². The van der Waals surface area contributed by atoms with Crippen LogP contribution in [0.15, 0.2) is 24.5 Å². The van der Waals surface area contributed by atoms with Crippen LogP contribution in [0.2, 0.25) is 0 Å². The number of nitrogens with two attached hydrogens (primary N) is 2. The van der Waals surface area contributed by atoms with Crippen molar-refractivity contribution in [2.45, 2.75) is 25.4 Å². The Hall–Kier alpha value is -4.62. The Kier molecular flexibility index (Phi) is 6.53. The van der Waals surface area contributed by atoms with Crippen LogP contribution in [0.3, 0.4) is 0 Å².